The van der Waals surface area contributed by atoms with E-state index in [1.165, 1.54) is 5.56 Å². The van der Waals surface area contributed by atoms with Gasteiger partial charge in [-0.25, -0.2) is 0 Å². The molecule has 0 amide bonds. The van der Waals surface area contributed by atoms with Crippen LogP contribution in [0.2, 0.25) is 0 Å². The van der Waals surface area contributed by atoms with Gasteiger partial charge in [-0.1, -0.05) is 36.8 Å². The van der Waals surface area contributed by atoms with Crippen LogP contribution < -0.4 is 0 Å². The monoisotopic (exact) mass is 220 g/mol. The molecule has 0 fully saturated rings. The van der Waals surface area contributed by atoms with Gasteiger partial charge in [-0.3, -0.25) is 0 Å². The quantitative estimate of drug-likeness (QED) is 0.689. The number of benzene rings is 1. The van der Waals surface area contributed by atoms with Crippen LogP contribution in [0, 0.1) is 6.92 Å². The van der Waals surface area contributed by atoms with Gasteiger partial charge in [0.05, 0.1) is 5.41 Å². The van der Waals surface area contributed by atoms with Gasteiger partial charge in [-0.05, 0) is 25.3 Å². The van der Waals surface area contributed by atoms with E-state index in [-0.39, 0.29) is 5.41 Å². The highest BCUT2D eigenvalue weighted by atomic mass is 16.5. The molecule has 1 atom stereocenters. The Morgan fingerprint density at radius 2 is 1.94 bits per heavy atom. The first-order valence-electron chi connectivity index (χ1n) is 5.71. The molecule has 88 valence electrons. The number of carbonyl (C=O) groups is 1. The molecule has 1 rings (SSSR count). The van der Waals surface area contributed by atoms with E-state index in [2.05, 4.69) is 12.1 Å². The highest BCUT2D eigenvalue weighted by molar-refractivity contribution is 5.68. The summed E-state index contributed by atoms with van der Waals surface area (Å²) in [5.74, 6) is 0. The smallest absolute Gasteiger partial charge is 0.130 e. The molecule has 16 heavy (non-hydrogen) atoms. The molecule has 0 aliphatic carbocycles. The summed E-state index contributed by atoms with van der Waals surface area (Å²) in [7, 11) is 1.67. The van der Waals surface area contributed by atoms with Crippen LogP contribution in [-0.2, 0) is 14.9 Å². The van der Waals surface area contributed by atoms with E-state index in [9.17, 15) is 4.79 Å². The van der Waals surface area contributed by atoms with Crippen LogP contribution in [-0.4, -0.2) is 20.0 Å². The van der Waals surface area contributed by atoms with Crippen LogP contribution in [0.1, 0.15) is 30.9 Å². The predicted molar refractivity (Wildman–Crippen MR) is 65.7 cm³/mol. The number of methoxy groups -OCH3 is 1. The van der Waals surface area contributed by atoms with Crippen molar-refractivity contribution in [3.05, 3.63) is 35.4 Å². The summed E-state index contributed by atoms with van der Waals surface area (Å²) in [6.07, 6.45) is 2.62. The molecule has 1 aromatic carbocycles. The minimum atomic E-state index is -0.385. The van der Waals surface area contributed by atoms with E-state index in [1.807, 2.05) is 26.0 Å². The second kappa shape index (κ2) is 5.80. The highest BCUT2D eigenvalue weighted by Crippen LogP contribution is 2.29. The molecular weight excluding hydrogens is 200 g/mol. The third-order valence-electron chi connectivity index (χ3n) is 3.24. The van der Waals surface area contributed by atoms with Gasteiger partial charge < -0.3 is 9.53 Å². The molecule has 0 bridgehead atoms. The van der Waals surface area contributed by atoms with Gasteiger partial charge in [0, 0.05) is 13.7 Å². The Morgan fingerprint density at radius 3 is 2.38 bits per heavy atom. The van der Waals surface area contributed by atoms with Crippen LogP contribution in [0.4, 0.5) is 0 Å². The van der Waals surface area contributed by atoms with Crippen molar-refractivity contribution in [1.82, 2.24) is 0 Å². The average Bonchev–Trinajstić information content (AvgIpc) is 2.33. The van der Waals surface area contributed by atoms with Crippen molar-refractivity contribution in [2.24, 2.45) is 0 Å². The van der Waals surface area contributed by atoms with Crippen LogP contribution in [0.3, 0.4) is 0 Å². The van der Waals surface area contributed by atoms with Crippen molar-refractivity contribution in [2.45, 2.75) is 32.1 Å². The number of hydrogen-bond donors (Lipinski definition) is 0. The van der Waals surface area contributed by atoms with Crippen LogP contribution in [0.5, 0.6) is 0 Å². The second-order valence-electron chi connectivity index (χ2n) is 4.24. The minimum absolute atomic E-state index is 0.385. The Hall–Kier alpha value is -1.15. The van der Waals surface area contributed by atoms with E-state index in [1.54, 1.807) is 7.11 Å². The van der Waals surface area contributed by atoms with Gasteiger partial charge >= 0.3 is 0 Å². The number of carbonyl (C=O) groups excluding carboxylic acids is 1. The lowest BCUT2D eigenvalue weighted by Crippen LogP contribution is -2.28. The van der Waals surface area contributed by atoms with Crippen LogP contribution >= 0.6 is 0 Å². The van der Waals surface area contributed by atoms with Crippen molar-refractivity contribution in [1.29, 1.82) is 0 Å². The molecule has 0 spiro atoms. The van der Waals surface area contributed by atoms with E-state index >= 15 is 0 Å². The molecule has 0 aliphatic heterocycles. The Labute approximate surface area is 97.6 Å². The maximum Gasteiger partial charge on any atom is 0.130 e. The molecule has 2 nitrogen and oxygen atoms in total. The molecule has 0 saturated heterocycles. The molecule has 0 saturated carbocycles. The van der Waals surface area contributed by atoms with Crippen LogP contribution in [0.15, 0.2) is 24.3 Å². The summed E-state index contributed by atoms with van der Waals surface area (Å²) in [6.45, 7) is 4.71. The molecule has 1 unspecified atom stereocenters. The lowest BCUT2D eigenvalue weighted by Gasteiger charge is -2.27. The first-order chi connectivity index (χ1) is 7.68. The van der Waals surface area contributed by atoms with E-state index in [0.29, 0.717) is 6.61 Å². The molecule has 0 radical (unpaired) electrons. The van der Waals surface area contributed by atoms with Crippen molar-refractivity contribution < 1.29 is 9.53 Å². The third-order valence-corrected chi connectivity index (χ3v) is 3.24. The predicted octanol–water partition coefficient (Wildman–Crippen LogP) is 2.88. The number of aryl methyl sites for hydroxylation is 1. The number of hydrogen-bond acceptors (Lipinski definition) is 2. The number of ether oxygens (including phenoxy) is 1. The standard InChI is InChI=1S/C14H20O2/c1-4-14(11-15,9-10-16-3)13-7-5-12(2)6-8-13/h5-8,11H,4,9-10H2,1-3H3. The van der Waals surface area contributed by atoms with Gasteiger partial charge in [0.1, 0.15) is 6.29 Å². The van der Waals surface area contributed by atoms with E-state index in [4.69, 9.17) is 4.74 Å². The third kappa shape index (κ3) is 2.70. The Balaban J connectivity index is 2.99. The van der Waals surface area contributed by atoms with Crippen LogP contribution in [0.25, 0.3) is 0 Å². The maximum absolute atomic E-state index is 11.4. The zero-order chi connectivity index (χ0) is 12.0. The first kappa shape index (κ1) is 12.9. The van der Waals surface area contributed by atoms with Gasteiger partial charge in [0.2, 0.25) is 0 Å². The summed E-state index contributed by atoms with van der Waals surface area (Å²) in [5, 5.41) is 0. The lowest BCUT2D eigenvalue weighted by molar-refractivity contribution is -0.113. The van der Waals surface area contributed by atoms with E-state index in [0.717, 1.165) is 24.7 Å². The molecule has 1 aromatic rings. The number of rotatable bonds is 6. The Kier molecular flexibility index (Phi) is 4.69. The topological polar surface area (TPSA) is 26.3 Å². The van der Waals surface area contributed by atoms with Gasteiger partial charge in [-0.2, -0.15) is 0 Å². The summed E-state index contributed by atoms with van der Waals surface area (Å²) < 4.78 is 5.09. The Bertz CT molecular complexity index is 329. The van der Waals surface area contributed by atoms with Gasteiger partial charge in [0.25, 0.3) is 0 Å². The normalized spacial score (nSPS) is 14.4. The summed E-state index contributed by atoms with van der Waals surface area (Å²) in [5.41, 5.74) is 1.92. The minimum Gasteiger partial charge on any atom is -0.385 e. The van der Waals surface area contributed by atoms with Crippen molar-refractivity contribution in [2.75, 3.05) is 13.7 Å². The zero-order valence-electron chi connectivity index (χ0n) is 10.3. The SMILES string of the molecule is CCC(C=O)(CCOC)c1ccc(C)cc1. The maximum atomic E-state index is 11.4. The largest absolute Gasteiger partial charge is 0.385 e. The van der Waals surface area contributed by atoms with Gasteiger partial charge in [0.15, 0.2) is 0 Å². The summed E-state index contributed by atoms with van der Waals surface area (Å²) in [4.78, 5) is 11.4. The van der Waals surface area contributed by atoms with Crippen molar-refractivity contribution in [3.63, 3.8) is 0 Å². The molecule has 0 aromatic heterocycles. The summed E-state index contributed by atoms with van der Waals surface area (Å²) in [6, 6.07) is 8.19. The average molecular weight is 220 g/mol. The first-order valence-corrected chi connectivity index (χ1v) is 5.71. The Morgan fingerprint density at radius 1 is 1.31 bits per heavy atom. The molecule has 0 aliphatic rings. The molecule has 0 N–H and O–H groups in total. The summed E-state index contributed by atoms with van der Waals surface area (Å²) >= 11 is 0. The zero-order valence-corrected chi connectivity index (χ0v) is 10.3. The second-order valence-corrected chi connectivity index (χ2v) is 4.24. The van der Waals surface area contributed by atoms with E-state index < -0.39 is 0 Å². The van der Waals surface area contributed by atoms with Crippen molar-refractivity contribution >= 4 is 6.29 Å². The molecular formula is C14H20O2. The number of aldehydes is 1. The highest BCUT2D eigenvalue weighted by Gasteiger charge is 2.29. The molecule has 2 heteroatoms. The van der Waals surface area contributed by atoms with Crippen molar-refractivity contribution in [3.8, 4) is 0 Å². The van der Waals surface area contributed by atoms with Gasteiger partial charge in [-0.15, -0.1) is 0 Å². The molecule has 0 heterocycles. The fourth-order valence-electron chi connectivity index (χ4n) is 1.91. The fraction of sp³-hybridized carbons (Fsp3) is 0.500. The fourth-order valence-corrected chi connectivity index (χ4v) is 1.91. The lowest BCUT2D eigenvalue weighted by atomic mass is 9.77.